The van der Waals surface area contributed by atoms with E-state index in [1.165, 1.54) is 24.3 Å². The van der Waals surface area contributed by atoms with Crippen molar-refractivity contribution in [2.45, 2.75) is 0 Å². The fourth-order valence-corrected chi connectivity index (χ4v) is 14.7. The maximum absolute atomic E-state index is 17.5. The van der Waals surface area contributed by atoms with Crippen molar-refractivity contribution in [1.29, 1.82) is 0 Å². The normalized spacial score (nSPS) is 12.4. The largest absolute Gasteiger partial charge is 0.307 e. The Kier molecular flexibility index (Phi) is 12.2. The smallest absolute Gasteiger partial charge is 0.200 e. The molecule has 0 atom stereocenters. The van der Waals surface area contributed by atoms with Gasteiger partial charge in [0.25, 0.3) is 0 Å². The Labute approximate surface area is 519 Å². The lowest BCUT2D eigenvalue weighted by Crippen LogP contribution is -2.30. The van der Waals surface area contributed by atoms with Gasteiger partial charge in [0.15, 0.2) is 69.8 Å². The molecule has 0 aromatic heterocycles. The third-order valence-electron chi connectivity index (χ3n) is 18.3. The summed E-state index contributed by atoms with van der Waals surface area (Å²) in [5, 5.41) is 0.690. The van der Waals surface area contributed by atoms with Gasteiger partial charge in [-0.25, -0.2) is 65.9 Å². The lowest BCUT2D eigenvalue weighted by atomic mass is 9.76. The lowest BCUT2D eigenvalue weighted by Gasteiger charge is -2.41. The molecular weight excluding hydrogens is 1240 g/mol. The Morgan fingerprint density at radius 2 is 0.468 bits per heavy atom. The van der Waals surface area contributed by atoms with Gasteiger partial charge < -0.3 is 4.90 Å². The van der Waals surface area contributed by atoms with Crippen LogP contribution in [0.15, 0.2) is 194 Å². The van der Waals surface area contributed by atoms with Crippen molar-refractivity contribution in [3.05, 3.63) is 314 Å². The maximum Gasteiger partial charge on any atom is 0.200 e. The Morgan fingerprint density at radius 1 is 0.213 bits per heavy atom. The molecule has 0 fully saturated rings. The van der Waals surface area contributed by atoms with Crippen molar-refractivity contribution in [2.24, 2.45) is 0 Å². The topological polar surface area (TPSA) is 3.24 Å². The first kappa shape index (κ1) is 56.6. The minimum absolute atomic E-state index is 0.00825. The summed E-state index contributed by atoms with van der Waals surface area (Å²) in [4.78, 5) is 1.66. The van der Waals surface area contributed by atoms with Crippen molar-refractivity contribution < 1.29 is 65.9 Å². The monoisotopic (exact) mass is 1270 g/mol. The molecule has 17 rings (SSSR count). The summed E-state index contributed by atoms with van der Waals surface area (Å²) in [7, 11) is 0. The number of hydrogen-bond acceptors (Lipinski definition) is 1. The second-order valence-corrected chi connectivity index (χ2v) is 23.0. The van der Waals surface area contributed by atoms with Gasteiger partial charge in [-0.3, -0.25) is 0 Å². The van der Waals surface area contributed by atoms with Crippen LogP contribution in [0.25, 0.3) is 120 Å². The van der Waals surface area contributed by atoms with E-state index in [-0.39, 0.29) is 97.9 Å². The van der Waals surface area contributed by atoms with Gasteiger partial charge in [0.1, 0.15) is 0 Å². The Balaban J connectivity index is 1.34. The van der Waals surface area contributed by atoms with Gasteiger partial charge in [-0.05, 0) is 101 Å². The van der Waals surface area contributed by atoms with Crippen molar-refractivity contribution >= 4 is 104 Å². The van der Waals surface area contributed by atoms with E-state index in [4.69, 9.17) is 0 Å². The summed E-state index contributed by atoms with van der Waals surface area (Å²) in [5.41, 5.74) is -3.91. The predicted octanol–water partition coefficient (Wildman–Crippen LogP) is 21.4. The minimum Gasteiger partial charge on any atom is -0.307 e. The number of anilines is 3. The van der Waals surface area contributed by atoms with Crippen LogP contribution in [-0.2, 0) is 0 Å². The first-order valence-corrected chi connectivity index (χ1v) is 29.1. The summed E-state index contributed by atoms with van der Waals surface area (Å²) >= 11 is 0. The number of halogens is 15. The fraction of sp³-hybridized carbons (Fsp3) is 0. The van der Waals surface area contributed by atoms with Gasteiger partial charge >= 0.3 is 0 Å². The third kappa shape index (κ3) is 7.41. The van der Waals surface area contributed by atoms with E-state index in [9.17, 15) is 0 Å². The molecule has 0 N–H and O–H groups in total. The summed E-state index contributed by atoms with van der Waals surface area (Å²) in [6.45, 7) is 0. The zero-order valence-electron chi connectivity index (χ0n) is 47.6. The van der Waals surface area contributed by atoms with Crippen LogP contribution < -0.4 is 15.3 Å². The molecule has 0 bridgehead atoms. The Bertz CT molecular complexity index is 5640. The molecule has 0 saturated heterocycles. The minimum atomic E-state index is -2.50. The van der Waals surface area contributed by atoms with E-state index in [0.717, 1.165) is 0 Å². The molecule has 0 spiro atoms. The molecule has 14 aromatic carbocycles. The highest BCUT2D eigenvalue weighted by Crippen LogP contribution is 2.63. The summed E-state index contributed by atoms with van der Waals surface area (Å²) in [6.07, 6.45) is 0. The van der Waals surface area contributed by atoms with Gasteiger partial charge in [0.05, 0.1) is 33.8 Å². The second-order valence-electron chi connectivity index (χ2n) is 23.0. The van der Waals surface area contributed by atoms with E-state index in [0.29, 0.717) is 38.4 Å². The van der Waals surface area contributed by atoms with E-state index >= 15 is 65.9 Å². The van der Waals surface area contributed by atoms with E-state index in [1.807, 2.05) is 0 Å². The molecule has 454 valence electrons. The SMILES string of the molecule is Fc1c(F)c(F)c(-c2cc3c4c(c2)c(=C(c2ccccc2)c2ccccc2)c2cc(-c5c(F)c(F)c(F)c(F)c5F)c5c6ccccc6c6c7ccccc7c7c(-c8c(F)c(F)c(F)c(F)c8F)cc(c8c7c6c5c2N48)c3=C(c2ccccc2)c2ccccc2)c(F)c1F. The molecule has 3 aliphatic heterocycles. The van der Waals surface area contributed by atoms with Crippen LogP contribution >= 0.6 is 0 Å². The Morgan fingerprint density at radius 3 is 0.777 bits per heavy atom. The number of benzene rings is 14. The van der Waals surface area contributed by atoms with Crippen LogP contribution in [0.3, 0.4) is 0 Å². The van der Waals surface area contributed by atoms with Crippen LogP contribution in [0.4, 0.5) is 82.9 Å². The molecule has 3 heterocycles. The van der Waals surface area contributed by atoms with Gasteiger partial charge in [0.2, 0.25) is 17.5 Å². The highest BCUT2D eigenvalue weighted by atomic mass is 19.2. The molecule has 0 saturated carbocycles. The quantitative estimate of drug-likeness (QED) is 0.0665. The highest BCUT2D eigenvalue weighted by Gasteiger charge is 2.42. The van der Waals surface area contributed by atoms with Crippen molar-refractivity contribution in [3.63, 3.8) is 0 Å². The molecule has 0 radical (unpaired) electrons. The van der Waals surface area contributed by atoms with E-state index < -0.39 is 121 Å². The molecule has 0 amide bonds. The average Bonchev–Trinajstić information content (AvgIpc) is 0.649. The van der Waals surface area contributed by atoms with Crippen molar-refractivity contribution in [3.8, 4) is 33.4 Å². The van der Waals surface area contributed by atoms with Crippen molar-refractivity contribution in [1.82, 2.24) is 0 Å². The average molecular weight is 1270 g/mol. The second kappa shape index (κ2) is 20.3. The summed E-state index contributed by atoms with van der Waals surface area (Å²) in [6, 6.07) is 51.4. The standard InChI is InChI=1S/C78H32F15N/c79-61-50(62(80)68(86)73(91)67(61)85)37-29-44-54(48(33-17-5-1-6-18-33)34-19-7-2-8-20-34)46-31-42(56-63(81)69(87)74(92)70(88)64(56)82)52-40-27-15-13-25-38(40)51-39-26-14-16-28-41(39)53-43(57-65(83)71(89)75(93)72(90)66(57)84)32-47-55(49(35-21-9-3-10-22-35)36-23-11-4-12-24-36)45(30-37)76(44)94-77(46)59(52)58(51)60(53)78(47)94/h1-32H. The van der Waals surface area contributed by atoms with E-state index in [1.54, 1.807) is 175 Å². The third-order valence-corrected chi connectivity index (χ3v) is 18.3. The molecule has 3 aliphatic rings. The molecule has 94 heavy (non-hydrogen) atoms. The number of rotatable bonds is 7. The maximum atomic E-state index is 17.5. The fourth-order valence-electron chi connectivity index (χ4n) is 14.7. The molecule has 1 nitrogen and oxygen atoms in total. The Hall–Kier alpha value is -11.4. The van der Waals surface area contributed by atoms with Gasteiger partial charge in [-0.1, -0.05) is 170 Å². The zero-order chi connectivity index (χ0) is 64.8. The lowest BCUT2D eigenvalue weighted by molar-refractivity contribution is 0.381. The zero-order valence-corrected chi connectivity index (χ0v) is 47.6. The van der Waals surface area contributed by atoms with Crippen LogP contribution in [-0.4, -0.2) is 0 Å². The van der Waals surface area contributed by atoms with Crippen LogP contribution in [0, 0.1) is 87.3 Å². The summed E-state index contributed by atoms with van der Waals surface area (Å²) < 4.78 is 248. The van der Waals surface area contributed by atoms with Crippen LogP contribution in [0.2, 0.25) is 0 Å². The highest BCUT2D eigenvalue weighted by molar-refractivity contribution is 6.49. The number of hydrogen-bond donors (Lipinski definition) is 0. The van der Waals surface area contributed by atoms with E-state index in [2.05, 4.69) is 0 Å². The molecule has 16 heteroatoms. The molecular formula is C78H32F15N. The first-order chi connectivity index (χ1) is 45.5. The number of fused-ring (bicyclic) bond motifs is 6. The molecule has 14 aromatic rings. The van der Waals surface area contributed by atoms with Gasteiger partial charge in [0, 0.05) is 58.9 Å². The van der Waals surface area contributed by atoms with Gasteiger partial charge in [-0.2, -0.15) is 0 Å². The molecule has 0 unspecified atom stereocenters. The number of nitrogens with zero attached hydrogens (tertiary/aromatic N) is 1. The molecule has 0 aliphatic carbocycles. The first-order valence-electron chi connectivity index (χ1n) is 29.1. The predicted molar refractivity (Wildman–Crippen MR) is 335 cm³/mol. The van der Waals surface area contributed by atoms with Crippen molar-refractivity contribution in [2.75, 3.05) is 4.90 Å². The summed E-state index contributed by atoms with van der Waals surface area (Å²) in [5.74, 6) is -35.1. The van der Waals surface area contributed by atoms with Gasteiger partial charge in [-0.15, -0.1) is 0 Å². The van der Waals surface area contributed by atoms with Crippen LogP contribution in [0.5, 0.6) is 0 Å². The van der Waals surface area contributed by atoms with Crippen LogP contribution in [0.1, 0.15) is 22.3 Å².